The minimum Gasteiger partial charge on any atom is -0.462 e. The number of carbonyl (C=O) groups is 4. The van der Waals surface area contributed by atoms with Gasteiger partial charge in [0.05, 0.1) is 5.56 Å². The number of furan rings is 1. The van der Waals surface area contributed by atoms with Crippen LogP contribution in [0.1, 0.15) is 61.9 Å². The first kappa shape index (κ1) is 17.4. The minimum atomic E-state index is -0.637. The molecule has 1 saturated heterocycles. The maximum atomic E-state index is 12.6. The Balaban J connectivity index is 1.51. The van der Waals surface area contributed by atoms with E-state index in [9.17, 15) is 19.2 Å². The number of ether oxygens (including phenoxy) is 1. The Morgan fingerprint density at radius 2 is 1.70 bits per heavy atom. The van der Waals surface area contributed by atoms with E-state index in [1.807, 2.05) is 0 Å². The summed E-state index contributed by atoms with van der Waals surface area (Å²) in [5, 5.41) is 3.16. The molecule has 1 aromatic carbocycles. The fourth-order valence-corrected chi connectivity index (χ4v) is 3.37. The van der Waals surface area contributed by atoms with Crippen molar-refractivity contribution in [2.75, 3.05) is 13.1 Å². The van der Waals surface area contributed by atoms with E-state index in [1.165, 1.54) is 6.07 Å². The maximum Gasteiger partial charge on any atom is 0.314 e. The largest absolute Gasteiger partial charge is 0.462 e. The van der Waals surface area contributed by atoms with Gasteiger partial charge in [-0.1, -0.05) is 24.3 Å². The molecule has 0 bridgehead atoms. The number of benzene rings is 1. The number of esters is 1. The fourth-order valence-electron chi connectivity index (χ4n) is 3.37. The second kappa shape index (κ2) is 6.92. The lowest BCUT2D eigenvalue weighted by molar-refractivity contribution is -0.149. The lowest BCUT2D eigenvalue weighted by atomic mass is 9.88. The van der Waals surface area contributed by atoms with Crippen LogP contribution in [0.15, 0.2) is 34.7 Å². The van der Waals surface area contributed by atoms with Crippen molar-refractivity contribution in [2.24, 2.45) is 0 Å². The lowest BCUT2D eigenvalue weighted by Crippen LogP contribution is -2.34. The summed E-state index contributed by atoms with van der Waals surface area (Å²) in [7, 11) is 0. The van der Waals surface area contributed by atoms with E-state index in [4.69, 9.17) is 9.15 Å². The Bertz CT molecular complexity index is 899. The molecule has 0 radical (unpaired) electrons. The summed E-state index contributed by atoms with van der Waals surface area (Å²) in [6.45, 7) is 1.53. The van der Waals surface area contributed by atoms with Crippen LogP contribution >= 0.6 is 0 Å². The normalized spacial score (nSPS) is 16.6. The van der Waals surface area contributed by atoms with Gasteiger partial charge in [-0.2, -0.15) is 0 Å². The summed E-state index contributed by atoms with van der Waals surface area (Å²) in [4.78, 5) is 49.5. The van der Waals surface area contributed by atoms with Crippen LogP contribution in [0.3, 0.4) is 0 Å². The van der Waals surface area contributed by atoms with Crippen molar-refractivity contribution in [3.05, 3.63) is 58.5 Å². The Kier molecular flexibility index (Phi) is 4.45. The average Bonchev–Trinajstić information content (AvgIpc) is 3.13. The second-order valence-electron chi connectivity index (χ2n) is 6.60. The highest BCUT2D eigenvalue weighted by Gasteiger charge is 2.34. The van der Waals surface area contributed by atoms with E-state index in [0.717, 1.165) is 13.1 Å². The summed E-state index contributed by atoms with van der Waals surface area (Å²) in [6, 6.07) is 7.66. The maximum absolute atomic E-state index is 12.6. The lowest BCUT2D eigenvalue weighted by Gasteiger charge is -2.22. The number of Topliss-reactive ketones (excluding diaryl/α,β-unsaturated/α-hetero) is 1. The number of ketones is 3. The quantitative estimate of drug-likeness (QED) is 0.427. The van der Waals surface area contributed by atoms with E-state index in [0.29, 0.717) is 12.8 Å². The minimum absolute atomic E-state index is 0.0498. The number of hydrogen-bond acceptors (Lipinski definition) is 7. The van der Waals surface area contributed by atoms with Gasteiger partial charge in [0.1, 0.15) is 12.5 Å². The van der Waals surface area contributed by atoms with E-state index in [1.54, 1.807) is 24.3 Å². The molecular weight excluding hydrogens is 350 g/mol. The molecule has 138 valence electrons. The predicted molar refractivity (Wildman–Crippen MR) is 92.9 cm³/mol. The molecule has 0 atom stereocenters. The molecule has 7 nitrogen and oxygen atoms in total. The van der Waals surface area contributed by atoms with E-state index >= 15 is 0 Å². The van der Waals surface area contributed by atoms with Gasteiger partial charge < -0.3 is 14.5 Å². The molecule has 27 heavy (non-hydrogen) atoms. The number of carbonyl (C=O) groups excluding carboxylic acids is 4. The van der Waals surface area contributed by atoms with Crippen molar-refractivity contribution in [1.82, 2.24) is 5.32 Å². The van der Waals surface area contributed by atoms with Crippen molar-refractivity contribution in [1.29, 1.82) is 0 Å². The molecule has 2 aromatic rings. The molecule has 0 amide bonds. The van der Waals surface area contributed by atoms with Crippen LogP contribution in [0.5, 0.6) is 0 Å². The van der Waals surface area contributed by atoms with Crippen LogP contribution in [0.2, 0.25) is 0 Å². The van der Waals surface area contributed by atoms with Crippen LogP contribution in [-0.4, -0.2) is 42.5 Å². The van der Waals surface area contributed by atoms with E-state index in [-0.39, 0.29) is 40.1 Å². The number of piperidine rings is 1. The summed E-state index contributed by atoms with van der Waals surface area (Å²) >= 11 is 0. The van der Waals surface area contributed by atoms with Crippen LogP contribution in [0.25, 0.3) is 0 Å². The van der Waals surface area contributed by atoms with Gasteiger partial charge in [0.25, 0.3) is 0 Å². The molecule has 0 unspecified atom stereocenters. The van der Waals surface area contributed by atoms with Crippen LogP contribution in [0, 0.1) is 0 Å². The summed E-state index contributed by atoms with van der Waals surface area (Å²) in [5.41, 5.74) is 0.572. The number of rotatable bonds is 4. The van der Waals surface area contributed by atoms with Crippen molar-refractivity contribution in [2.45, 2.75) is 25.4 Å². The molecule has 0 saturated carbocycles. The summed E-state index contributed by atoms with van der Waals surface area (Å²) < 4.78 is 10.7. The summed E-state index contributed by atoms with van der Waals surface area (Å²) in [5.74, 6) is -2.42. The Hall–Kier alpha value is -3.06. The van der Waals surface area contributed by atoms with Gasteiger partial charge in [0.15, 0.2) is 17.3 Å². The SMILES string of the molecule is O=C(CC(=O)c1cc2c(o1)C(=O)c1ccccc1C2=O)OC1CCNCC1. The van der Waals surface area contributed by atoms with Crippen molar-refractivity contribution >= 4 is 23.3 Å². The highest BCUT2D eigenvalue weighted by Crippen LogP contribution is 2.30. The van der Waals surface area contributed by atoms with Gasteiger partial charge in [-0.3, -0.25) is 19.2 Å². The molecule has 1 aromatic heterocycles. The third-order valence-corrected chi connectivity index (χ3v) is 4.76. The molecule has 1 N–H and O–H groups in total. The van der Waals surface area contributed by atoms with Gasteiger partial charge in [-0.15, -0.1) is 0 Å². The van der Waals surface area contributed by atoms with Gasteiger partial charge in [-0.05, 0) is 32.0 Å². The number of fused-ring (bicyclic) bond motifs is 2. The molecule has 1 aliphatic carbocycles. The molecule has 2 aliphatic rings. The topological polar surface area (TPSA) is 103 Å². The smallest absolute Gasteiger partial charge is 0.314 e. The Morgan fingerprint density at radius 1 is 1.04 bits per heavy atom. The first-order chi connectivity index (χ1) is 13.0. The molecule has 7 heteroatoms. The third kappa shape index (κ3) is 3.21. The Labute approximate surface area is 154 Å². The first-order valence-electron chi connectivity index (χ1n) is 8.80. The molecule has 0 spiro atoms. The zero-order chi connectivity index (χ0) is 19.0. The zero-order valence-corrected chi connectivity index (χ0v) is 14.4. The number of nitrogens with one attached hydrogen (secondary N) is 1. The van der Waals surface area contributed by atoms with Gasteiger partial charge in [-0.25, -0.2) is 0 Å². The van der Waals surface area contributed by atoms with Crippen molar-refractivity contribution in [3.63, 3.8) is 0 Å². The van der Waals surface area contributed by atoms with Crippen molar-refractivity contribution < 1.29 is 28.3 Å². The van der Waals surface area contributed by atoms with Gasteiger partial charge in [0, 0.05) is 11.1 Å². The highest BCUT2D eigenvalue weighted by atomic mass is 16.5. The van der Waals surface area contributed by atoms with Crippen molar-refractivity contribution in [3.8, 4) is 0 Å². The number of hydrogen-bond donors (Lipinski definition) is 1. The molecule has 1 aliphatic heterocycles. The summed E-state index contributed by atoms with van der Waals surface area (Å²) in [6.07, 6.45) is 0.715. The second-order valence-corrected chi connectivity index (χ2v) is 6.60. The van der Waals surface area contributed by atoms with E-state index < -0.39 is 24.0 Å². The predicted octanol–water partition coefficient (Wildman–Crippen LogP) is 1.92. The highest BCUT2D eigenvalue weighted by molar-refractivity contribution is 6.28. The molecule has 2 heterocycles. The van der Waals surface area contributed by atoms with Crippen LogP contribution in [0.4, 0.5) is 0 Å². The van der Waals surface area contributed by atoms with Gasteiger partial charge >= 0.3 is 5.97 Å². The first-order valence-corrected chi connectivity index (χ1v) is 8.80. The standard InChI is InChI=1S/C20H17NO6/c22-15(10-17(23)26-11-5-7-21-8-6-11)16-9-14-18(24)12-3-1-2-4-13(12)19(25)20(14)27-16/h1-4,9,11,21H,5-8,10H2. The third-order valence-electron chi connectivity index (χ3n) is 4.76. The monoisotopic (exact) mass is 367 g/mol. The molecular formula is C20H17NO6. The fraction of sp³-hybridized carbons (Fsp3) is 0.300. The van der Waals surface area contributed by atoms with Crippen LogP contribution in [-0.2, 0) is 9.53 Å². The zero-order valence-electron chi connectivity index (χ0n) is 14.4. The molecule has 1 fully saturated rings. The molecule has 4 rings (SSSR count). The van der Waals surface area contributed by atoms with Gasteiger partial charge in [0.2, 0.25) is 11.6 Å². The van der Waals surface area contributed by atoms with E-state index in [2.05, 4.69) is 5.32 Å². The van der Waals surface area contributed by atoms with Crippen LogP contribution < -0.4 is 5.32 Å². The average molecular weight is 367 g/mol. The Morgan fingerprint density at radius 3 is 2.41 bits per heavy atom.